The van der Waals surface area contributed by atoms with Gasteiger partial charge in [-0.15, -0.1) is 0 Å². The minimum atomic E-state index is -3.73. The number of methoxy groups -OCH3 is 1. The van der Waals surface area contributed by atoms with Crippen LogP contribution in [0.1, 0.15) is 22.7 Å². The minimum Gasteiger partial charge on any atom is -0.497 e. The molecule has 3 rings (SSSR count). The molecule has 0 amide bonds. The first-order valence-electron chi connectivity index (χ1n) is 8.37. The van der Waals surface area contributed by atoms with E-state index in [-0.39, 0.29) is 4.90 Å². The van der Waals surface area contributed by atoms with Crippen molar-refractivity contribution in [2.45, 2.75) is 17.9 Å². The van der Waals surface area contributed by atoms with Crippen LogP contribution in [-0.2, 0) is 10.0 Å². The molecule has 0 fully saturated rings. The van der Waals surface area contributed by atoms with Gasteiger partial charge in [-0.25, -0.2) is 8.42 Å². The fourth-order valence-corrected chi connectivity index (χ4v) is 4.16. The summed E-state index contributed by atoms with van der Waals surface area (Å²) in [7, 11) is -2.14. The van der Waals surface area contributed by atoms with Crippen LogP contribution in [0.4, 0.5) is 0 Å². The summed E-state index contributed by atoms with van der Waals surface area (Å²) in [6.07, 6.45) is 0. The summed E-state index contributed by atoms with van der Waals surface area (Å²) in [5.74, 6) is 0.699. The topological polar surface area (TPSA) is 55.4 Å². The standard InChI is InChI=1S/C21H20ClNO3S/c1-15-6-12-20(13-7-15)27(24,25)23-21(17-4-3-5-18(22)14-17)16-8-10-19(26-2)11-9-16/h3-14,21,23H,1-2H3/t21-/m1/s1. The molecule has 0 aliphatic carbocycles. The number of ether oxygens (including phenoxy) is 1. The van der Waals surface area contributed by atoms with E-state index in [9.17, 15) is 8.42 Å². The summed E-state index contributed by atoms with van der Waals surface area (Å²) in [5.41, 5.74) is 2.53. The van der Waals surface area contributed by atoms with Crippen LogP contribution in [0, 0.1) is 6.92 Å². The molecule has 0 aromatic heterocycles. The van der Waals surface area contributed by atoms with Gasteiger partial charge in [0, 0.05) is 5.02 Å². The van der Waals surface area contributed by atoms with Crippen LogP contribution in [0.25, 0.3) is 0 Å². The second-order valence-corrected chi connectivity index (χ2v) is 8.35. The number of halogens is 1. The first-order valence-corrected chi connectivity index (χ1v) is 10.2. The summed E-state index contributed by atoms with van der Waals surface area (Å²) < 4.78 is 33.9. The predicted molar refractivity (Wildman–Crippen MR) is 108 cm³/mol. The van der Waals surface area contributed by atoms with E-state index in [0.29, 0.717) is 10.8 Å². The lowest BCUT2D eigenvalue weighted by Crippen LogP contribution is -2.29. The van der Waals surface area contributed by atoms with Crippen LogP contribution in [0.3, 0.4) is 0 Å². The van der Waals surface area contributed by atoms with Crippen LogP contribution < -0.4 is 9.46 Å². The molecule has 0 aliphatic heterocycles. The Morgan fingerprint density at radius 1 is 0.926 bits per heavy atom. The first-order chi connectivity index (χ1) is 12.9. The minimum absolute atomic E-state index is 0.216. The Hall–Kier alpha value is -2.34. The Balaban J connectivity index is 2.02. The Morgan fingerprint density at radius 3 is 2.19 bits per heavy atom. The maximum absolute atomic E-state index is 12.9. The zero-order valence-corrected chi connectivity index (χ0v) is 16.6. The first kappa shape index (κ1) is 19.4. The van der Waals surface area contributed by atoms with Crippen molar-refractivity contribution in [3.05, 3.63) is 94.5 Å². The average Bonchev–Trinajstić information content (AvgIpc) is 2.67. The molecule has 0 saturated heterocycles. The molecule has 0 unspecified atom stereocenters. The molecule has 0 radical (unpaired) electrons. The molecule has 0 aliphatic rings. The van der Waals surface area contributed by atoms with Crippen LogP contribution >= 0.6 is 11.6 Å². The molecular formula is C21H20ClNO3S. The Morgan fingerprint density at radius 2 is 1.59 bits per heavy atom. The van der Waals surface area contributed by atoms with Gasteiger partial charge in [-0.3, -0.25) is 0 Å². The van der Waals surface area contributed by atoms with Crippen molar-refractivity contribution in [3.63, 3.8) is 0 Å². The SMILES string of the molecule is COc1ccc([C@@H](NS(=O)(=O)c2ccc(C)cc2)c2cccc(Cl)c2)cc1. The third kappa shape index (κ3) is 4.69. The molecule has 1 N–H and O–H groups in total. The van der Waals surface area contributed by atoms with Gasteiger partial charge in [0.05, 0.1) is 18.0 Å². The van der Waals surface area contributed by atoms with Gasteiger partial charge in [0.25, 0.3) is 0 Å². The highest BCUT2D eigenvalue weighted by Gasteiger charge is 2.23. The molecule has 140 valence electrons. The molecular weight excluding hydrogens is 382 g/mol. The van der Waals surface area contributed by atoms with E-state index in [1.54, 1.807) is 61.7 Å². The Bertz CT molecular complexity index is 1020. The van der Waals surface area contributed by atoms with E-state index in [1.807, 2.05) is 25.1 Å². The van der Waals surface area contributed by atoms with Crippen molar-refractivity contribution in [1.29, 1.82) is 0 Å². The average molecular weight is 402 g/mol. The summed E-state index contributed by atoms with van der Waals surface area (Å²) in [6.45, 7) is 1.91. The van der Waals surface area contributed by atoms with Gasteiger partial charge in [-0.2, -0.15) is 4.72 Å². The van der Waals surface area contributed by atoms with E-state index < -0.39 is 16.1 Å². The van der Waals surface area contributed by atoms with Crippen LogP contribution in [0.15, 0.2) is 77.7 Å². The summed E-state index contributed by atoms with van der Waals surface area (Å²) in [6, 6.07) is 20.6. The number of hydrogen-bond acceptors (Lipinski definition) is 3. The van der Waals surface area contributed by atoms with Crippen molar-refractivity contribution in [3.8, 4) is 5.75 Å². The fourth-order valence-electron chi connectivity index (χ4n) is 2.75. The number of rotatable bonds is 6. The molecule has 3 aromatic carbocycles. The largest absolute Gasteiger partial charge is 0.497 e. The van der Waals surface area contributed by atoms with Gasteiger partial charge in [0.15, 0.2) is 0 Å². The van der Waals surface area contributed by atoms with Gasteiger partial charge in [0.2, 0.25) is 10.0 Å². The molecule has 6 heteroatoms. The number of sulfonamides is 1. The molecule has 3 aromatic rings. The summed E-state index contributed by atoms with van der Waals surface area (Å²) in [5, 5.41) is 0.542. The number of benzene rings is 3. The highest BCUT2D eigenvalue weighted by Crippen LogP contribution is 2.28. The zero-order chi connectivity index (χ0) is 19.4. The molecule has 0 spiro atoms. The second kappa shape index (κ2) is 8.13. The highest BCUT2D eigenvalue weighted by molar-refractivity contribution is 7.89. The van der Waals surface area contributed by atoms with E-state index in [2.05, 4.69) is 4.72 Å². The monoisotopic (exact) mass is 401 g/mol. The molecule has 0 bridgehead atoms. The van der Waals surface area contributed by atoms with Gasteiger partial charge in [-0.1, -0.05) is 53.6 Å². The van der Waals surface area contributed by atoms with Crippen molar-refractivity contribution in [1.82, 2.24) is 4.72 Å². The van der Waals surface area contributed by atoms with Gasteiger partial charge < -0.3 is 4.74 Å². The van der Waals surface area contributed by atoms with Gasteiger partial charge in [0.1, 0.15) is 5.75 Å². The molecule has 1 atom stereocenters. The maximum atomic E-state index is 12.9. The lowest BCUT2D eigenvalue weighted by molar-refractivity contribution is 0.414. The smallest absolute Gasteiger partial charge is 0.241 e. The van der Waals surface area contributed by atoms with Crippen molar-refractivity contribution >= 4 is 21.6 Å². The zero-order valence-electron chi connectivity index (χ0n) is 15.0. The lowest BCUT2D eigenvalue weighted by atomic mass is 10.00. The van der Waals surface area contributed by atoms with Gasteiger partial charge >= 0.3 is 0 Å². The highest BCUT2D eigenvalue weighted by atomic mass is 35.5. The normalized spacial score (nSPS) is 12.6. The molecule has 4 nitrogen and oxygen atoms in total. The fraction of sp³-hybridized carbons (Fsp3) is 0.143. The number of nitrogens with one attached hydrogen (secondary N) is 1. The van der Waals surface area contributed by atoms with E-state index in [1.165, 1.54) is 0 Å². The summed E-state index contributed by atoms with van der Waals surface area (Å²) >= 11 is 6.13. The van der Waals surface area contributed by atoms with Crippen LogP contribution in [-0.4, -0.2) is 15.5 Å². The third-order valence-corrected chi connectivity index (χ3v) is 5.91. The van der Waals surface area contributed by atoms with Gasteiger partial charge in [-0.05, 0) is 54.4 Å². The Labute approximate surface area is 164 Å². The summed E-state index contributed by atoms with van der Waals surface area (Å²) in [4.78, 5) is 0.216. The van der Waals surface area contributed by atoms with Crippen LogP contribution in [0.2, 0.25) is 5.02 Å². The van der Waals surface area contributed by atoms with E-state index in [4.69, 9.17) is 16.3 Å². The maximum Gasteiger partial charge on any atom is 0.241 e. The van der Waals surface area contributed by atoms with Crippen molar-refractivity contribution in [2.75, 3.05) is 7.11 Å². The van der Waals surface area contributed by atoms with Crippen molar-refractivity contribution < 1.29 is 13.2 Å². The number of hydrogen-bond donors (Lipinski definition) is 1. The Kier molecular flexibility index (Phi) is 5.85. The third-order valence-electron chi connectivity index (χ3n) is 4.24. The molecule has 27 heavy (non-hydrogen) atoms. The molecule has 0 saturated carbocycles. The lowest BCUT2D eigenvalue weighted by Gasteiger charge is -2.20. The van der Waals surface area contributed by atoms with E-state index >= 15 is 0 Å². The predicted octanol–water partition coefficient (Wildman–Crippen LogP) is 4.72. The van der Waals surface area contributed by atoms with Crippen molar-refractivity contribution in [2.24, 2.45) is 0 Å². The van der Waals surface area contributed by atoms with E-state index in [0.717, 1.165) is 16.7 Å². The van der Waals surface area contributed by atoms with Crippen LogP contribution in [0.5, 0.6) is 5.75 Å². The quantitative estimate of drug-likeness (QED) is 0.649. The molecule has 0 heterocycles. The number of aryl methyl sites for hydroxylation is 1. The second-order valence-electron chi connectivity index (χ2n) is 6.20.